The van der Waals surface area contributed by atoms with Crippen LogP contribution in [0.3, 0.4) is 0 Å². The van der Waals surface area contributed by atoms with Crippen LogP contribution in [0.25, 0.3) is 21.3 Å². The van der Waals surface area contributed by atoms with E-state index in [1.807, 2.05) is 18.5 Å². The van der Waals surface area contributed by atoms with Crippen molar-refractivity contribution in [2.45, 2.75) is 27.3 Å². The van der Waals surface area contributed by atoms with Crippen molar-refractivity contribution >= 4 is 21.6 Å². The molecule has 3 aromatic rings. The minimum Gasteiger partial charge on any atom is -0.329 e. The first-order chi connectivity index (χ1) is 9.60. The van der Waals surface area contributed by atoms with Gasteiger partial charge in [0, 0.05) is 17.8 Å². The largest absolute Gasteiger partial charge is 0.329 e. The van der Waals surface area contributed by atoms with Crippen molar-refractivity contribution in [2.24, 2.45) is 5.73 Å². The fourth-order valence-electron chi connectivity index (χ4n) is 2.65. The summed E-state index contributed by atoms with van der Waals surface area (Å²) in [6.07, 6.45) is 0. The number of thiazole rings is 1. The van der Waals surface area contributed by atoms with E-state index >= 15 is 0 Å². The van der Waals surface area contributed by atoms with Gasteiger partial charge in [-0.25, -0.2) is 4.98 Å². The highest BCUT2D eigenvalue weighted by atomic mass is 32.1. The zero-order valence-corrected chi connectivity index (χ0v) is 12.8. The molecule has 0 fully saturated rings. The molecule has 20 heavy (non-hydrogen) atoms. The van der Waals surface area contributed by atoms with Gasteiger partial charge in [0.2, 0.25) is 0 Å². The second-order valence-electron chi connectivity index (χ2n) is 4.97. The fraction of sp³-hybridized carbons (Fsp3) is 0.333. The summed E-state index contributed by atoms with van der Waals surface area (Å²) in [5.41, 5.74) is 11.3. The summed E-state index contributed by atoms with van der Waals surface area (Å²) in [5.74, 6) is 0. The lowest BCUT2D eigenvalue weighted by molar-refractivity contribution is 0.604. The molecule has 0 saturated heterocycles. The molecule has 0 unspecified atom stereocenters. The number of hydrogen-bond donors (Lipinski definition) is 1. The van der Waals surface area contributed by atoms with E-state index in [9.17, 15) is 0 Å². The number of benzene rings is 1. The zero-order valence-electron chi connectivity index (χ0n) is 12.0. The Balaban J connectivity index is 2.14. The van der Waals surface area contributed by atoms with Gasteiger partial charge in [-0.2, -0.15) is 5.10 Å². The lowest BCUT2D eigenvalue weighted by Gasteiger charge is -2.04. The predicted octanol–water partition coefficient (Wildman–Crippen LogP) is 3.04. The summed E-state index contributed by atoms with van der Waals surface area (Å²) >= 11 is 1.73. The highest BCUT2D eigenvalue weighted by Gasteiger charge is 2.14. The molecule has 104 valence electrons. The van der Waals surface area contributed by atoms with Crippen LogP contribution in [0.4, 0.5) is 0 Å². The van der Waals surface area contributed by atoms with E-state index in [1.165, 1.54) is 21.5 Å². The molecule has 2 aromatic heterocycles. The molecule has 5 heteroatoms. The summed E-state index contributed by atoms with van der Waals surface area (Å²) in [4.78, 5) is 4.57. The Hall–Kier alpha value is -1.72. The summed E-state index contributed by atoms with van der Waals surface area (Å²) in [6.45, 7) is 7.55. The molecule has 0 aliphatic heterocycles. The monoisotopic (exact) mass is 286 g/mol. The van der Waals surface area contributed by atoms with Crippen molar-refractivity contribution in [3.63, 3.8) is 0 Å². The van der Waals surface area contributed by atoms with E-state index in [4.69, 9.17) is 5.73 Å². The van der Waals surface area contributed by atoms with Gasteiger partial charge in [0.25, 0.3) is 0 Å². The number of nitrogens with zero attached hydrogens (tertiary/aromatic N) is 3. The molecule has 2 N–H and O–H groups in total. The van der Waals surface area contributed by atoms with Gasteiger partial charge in [-0.1, -0.05) is 6.07 Å². The average molecular weight is 286 g/mol. The molecule has 0 radical (unpaired) electrons. The number of aryl methyl sites for hydroxylation is 2. The fourth-order valence-corrected chi connectivity index (χ4v) is 3.46. The maximum Gasteiger partial charge on any atom is 0.0907 e. The van der Waals surface area contributed by atoms with Crippen molar-refractivity contribution in [1.82, 2.24) is 14.8 Å². The molecule has 3 rings (SSSR count). The Bertz CT molecular complexity index is 770. The van der Waals surface area contributed by atoms with E-state index in [2.05, 4.69) is 35.2 Å². The third-order valence-corrected chi connectivity index (χ3v) is 4.46. The Morgan fingerprint density at radius 2 is 2.05 bits per heavy atom. The second kappa shape index (κ2) is 5.00. The number of hydrogen-bond acceptors (Lipinski definition) is 4. The molecule has 0 aliphatic rings. The highest BCUT2D eigenvalue weighted by Crippen LogP contribution is 2.31. The van der Waals surface area contributed by atoms with Crippen LogP contribution in [-0.2, 0) is 6.54 Å². The zero-order chi connectivity index (χ0) is 14.3. The van der Waals surface area contributed by atoms with Gasteiger partial charge in [-0.3, -0.25) is 4.68 Å². The molecule has 0 amide bonds. The van der Waals surface area contributed by atoms with Gasteiger partial charge in [-0.15, -0.1) is 11.3 Å². The molecular formula is C15H18N4S. The number of rotatable bonds is 3. The molecule has 0 bridgehead atoms. The number of fused-ring (bicyclic) bond motifs is 1. The third-order valence-electron chi connectivity index (χ3n) is 3.51. The predicted molar refractivity (Wildman–Crippen MR) is 84.1 cm³/mol. The number of aromatic nitrogens is 3. The summed E-state index contributed by atoms with van der Waals surface area (Å²) < 4.78 is 3.22. The van der Waals surface area contributed by atoms with Crippen molar-refractivity contribution in [1.29, 1.82) is 0 Å². The smallest absolute Gasteiger partial charge is 0.0907 e. The quantitative estimate of drug-likeness (QED) is 0.805. The van der Waals surface area contributed by atoms with Gasteiger partial charge in [0.05, 0.1) is 27.5 Å². The van der Waals surface area contributed by atoms with Crippen molar-refractivity contribution in [2.75, 3.05) is 6.54 Å². The second-order valence-corrected chi connectivity index (χ2v) is 6.21. The summed E-state index contributed by atoms with van der Waals surface area (Å²) in [7, 11) is 0. The third kappa shape index (κ3) is 2.13. The Labute approximate surface area is 122 Å². The van der Waals surface area contributed by atoms with E-state index in [0.29, 0.717) is 6.54 Å². The van der Waals surface area contributed by atoms with E-state index in [-0.39, 0.29) is 0 Å². The van der Waals surface area contributed by atoms with Crippen molar-refractivity contribution in [3.05, 3.63) is 34.6 Å². The molecule has 0 saturated carbocycles. The van der Waals surface area contributed by atoms with Crippen LogP contribution < -0.4 is 5.73 Å². The molecule has 0 aliphatic carbocycles. The van der Waals surface area contributed by atoms with E-state index < -0.39 is 0 Å². The van der Waals surface area contributed by atoms with Crippen LogP contribution in [-0.4, -0.2) is 21.3 Å². The van der Waals surface area contributed by atoms with Gasteiger partial charge < -0.3 is 5.73 Å². The van der Waals surface area contributed by atoms with E-state index in [0.717, 1.165) is 22.8 Å². The van der Waals surface area contributed by atoms with Crippen LogP contribution in [0, 0.1) is 20.8 Å². The lowest BCUT2D eigenvalue weighted by Crippen LogP contribution is -2.12. The van der Waals surface area contributed by atoms with Crippen molar-refractivity contribution < 1.29 is 0 Å². The maximum atomic E-state index is 5.64. The Kier molecular flexibility index (Phi) is 3.31. The molecular weight excluding hydrogens is 268 g/mol. The van der Waals surface area contributed by atoms with Crippen molar-refractivity contribution in [3.8, 4) is 11.1 Å². The summed E-state index contributed by atoms with van der Waals surface area (Å²) in [6, 6.07) is 6.46. The topological polar surface area (TPSA) is 56.7 Å². The number of nitrogens with two attached hydrogens (primary N) is 1. The van der Waals surface area contributed by atoms with Gasteiger partial charge >= 0.3 is 0 Å². The van der Waals surface area contributed by atoms with Gasteiger partial charge in [0.1, 0.15) is 0 Å². The first-order valence-electron chi connectivity index (χ1n) is 6.72. The van der Waals surface area contributed by atoms with Crippen LogP contribution in [0.2, 0.25) is 0 Å². The Morgan fingerprint density at radius 3 is 2.80 bits per heavy atom. The molecule has 0 atom stereocenters. The van der Waals surface area contributed by atoms with Gasteiger partial charge in [-0.05, 0) is 38.5 Å². The molecule has 1 aromatic carbocycles. The minimum absolute atomic E-state index is 0.603. The molecule has 4 nitrogen and oxygen atoms in total. The van der Waals surface area contributed by atoms with E-state index in [1.54, 1.807) is 11.3 Å². The summed E-state index contributed by atoms with van der Waals surface area (Å²) in [5, 5.41) is 5.68. The normalized spacial score (nSPS) is 11.4. The van der Waals surface area contributed by atoms with Crippen LogP contribution in [0.15, 0.2) is 18.2 Å². The standard InChI is InChI=1S/C15H18N4S/c1-9-15(10(2)19(18-9)7-6-16)12-4-5-14-13(8-12)17-11(3)20-14/h4-5,8H,6-7,16H2,1-3H3. The SMILES string of the molecule is Cc1nc2cc(-c3c(C)nn(CCN)c3C)ccc2s1. The lowest BCUT2D eigenvalue weighted by atomic mass is 10.0. The Morgan fingerprint density at radius 1 is 1.25 bits per heavy atom. The van der Waals surface area contributed by atoms with Crippen LogP contribution in [0.5, 0.6) is 0 Å². The first kappa shape index (κ1) is 13.3. The molecule has 2 heterocycles. The van der Waals surface area contributed by atoms with Gasteiger partial charge in [0.15, 0.2) is 0 Å². The van der Waals surface area contributed by atoms with Crippen LogP contribution in [0.1, 0.15) is 16.4 Å². The first-order valence-corrected chi connectivity index (χ1v) is 7.53. The molecule has 0 spiro atoms. The van der Waals surface area contributed by atoms with Crippen LogP contribution >= 0.6 is 11.3 Å². The average Bonchev–Trinajstić information content (AvgIpc) is 2.89. The highest BCUT2D eigenvalue weighted by molar-refractivity contribution is 7.18. The minimum atomic E-state index is 0.603. The maximum absolute atomic E-state index is 5.64.